The van der Waals surface area contributed by atoms with Gasteiger partial charge in [-0.25, -0.2) is 0 Å². The summed E-state index contributed by atoms with van der Waals surface area (Å²) in [5.41, 5.74) is 1.79. The Bertz CT molecular complexity index is 1250. The van der Waals surface area contributed by atoms with Gasteiger partial charge < -0.3 is 19.5 Å². The minimum absolute atomic E-state index is 0.303. The van der Waals surface area contributed by atoms with Gasteiger partial charge in [0.1, 0.15) is 10.8 Å². The fourth-order valence-corrected chi connectivity index (χ4v) is 3.96. The summed E-state index contributed by atoms with van der Waals surface area (Å²) in [7, 11) is 4.62. The van der Waals surface area contributed by atoms with Crippen LogP contribution in [0.25, 0.3) is 15.5 Å². The van der Waals surface area contributed by atoms with Crippen LogP contribution in [-0.4, -0.2) is 47.0 Å². The highest BCUT2D eigenvalue weighted by Crippen LogP contribution is 2.34. The number of hydrogen-bond acceptors (Lipinski definition) is 8. The molecule has 0 aliphatic carbocycles. The van der Waals surface area contributed by atoms with Crippen molar-refractivity contribution in [3.05, 3.63) is 47.8 Å². The van der Waals surface area contributed by atoms with Crippen molar-refractivity contribution >= 4 is 27.9 Å². The highest BCUT2D eigenvalue weighted by Gasteiger charge is 2.16. The number of nitrogens with one attached hydrogen (secondary N) is 1. The summed E-state index contributed by atoms with van der Waals surface area (Å²) >= 11 is 1.43. The molecule has 2 heterocycles. The Kier molecular flexibility index (Phi) is 5.72. The van der Waals surface area contributed by atoms with Crippen LogP contribution >= 0.6 is 11.3 Å². The van der Waals surface area contributed by atoms with Crippen molar-refractivity contribution in [2.24, 2.45) is 0 Å². The van der Waals surface area contributed by atoms with Gasteiger partial charge in [-0.1, -0.05) is 18.3 Å². The van der Waals surface area contributed by atoms with Crippen molar-refractivity contribution in [3.8, 4) is 27.8 Å². The van der Waals surface area contributed by atoms with E-state index in [9.17, 15) is 4.79 Å². The fraction of sp³-hybridized carbons (Fsp3) is 0.238. The van der Waals surface area contributed by atoms with E-state index in [4.69, 9.17) is 14.2 Å². The zero-order valence-corrected chi connectivity index (χ0v) is 18.3. The number of amides is 1. The predicted molar refractivity (Wildman–Crippen MR) is 118 cm³/mol. The summed E-state index contributed by atoms with van der Waals surface area (Å²) in [5, 5.41) is 16.6. The van der Waals surface area contributed by atoms with E-state index in [0.29, 0.717) is 28.5 Å². The van der Waals surface area contributed by atoms with Crippen molar-refractivity contribution in [2.75, 3.05) is 26.6 Å². The highest BCUT2D eigenvalue weighted by molar-refractivity contribution is 7.19. The van der Waals surface area contributed by atoms with E-state index in [1.807, 2.05) is 19.1 Å². The monoisotopic (exact) mass is 439 g/mol. The number of nitrogens with zero attached hydrogens (tertiary/aromatic N) is 4. The number of aryl methyl sites for hydroxylation is 1. The molecule has 0 atom stereocenters. The maximum atomic E-state index is 12.9. The van der Waals surface area contributed by atoms with E-state index in [0.717, 1.165) is 27.8 Å². The maximum Gasteiger partial charge on any atom is 0.255 e. The predicted octanol–water partition coefficient (Wildman–Crippen LogP) is 3.69. The average Bonchev–Trinajstić information content (AvgIpc) is 3.39. The van der Waals surface area contributed by atoms with Crippen LogP contribution < -0.4 is 19.5 Å². The van der Waals surface area contributed by atoms with Gasteiger partial charge in [0.2, 0.25) is 4.96 Å². The number of carbonyl (C=O) groups is 1. The van der Waals surface area contributed by atoms with Crippen molar-refractivity contribution in [2.45, 2.75) is 13.3 Å². The number of carbonyl (C=O) groups excluding carboxylic acids is 1. The standard InChI is InChI=1S/C21H21N5O4S/c1-5-18-23-24-21-26(18)25-20(31-21)13-7-8-15(28-2)14(10-13)22-19(27)12-6-9-16(29-3)17(11-12)30-4/h6-11H,5H2,1-4H3,(H,22,27). The molecule has 0 bridgehead atoms. The molecule has 10 heteroatoms. The largest absolute Gasteiger partial charge is 0.495 e. The first-order valence-electron chi connectivity index (χ1n) is 9.50. The molecule has 1 N–H and O–H groups in total. The number of hydrogen-bond donors (Lipinski definition) is 1. The average molecular weight is 439 g/mol. The van der Waals surface area contributed by atoms with Crippen LogP contribution in [0.5, 0.6) is 17.2 Å². The maximum absolute atomic E-state index is 12.9. The Morgan fingerprint density at radius 2 is 1.74 bits per heavy atom. The van der Waals surface area contributed by atoms with Crippen LogP contribution in [0.1, 0.15) is 23.1 Å². The molecule has 160 valence electrons. The molecule has 2 aromatic heterocycles. The van der Waals surface area contributed by atoms with Crippen LogP contribution in [0.2, 0.25) is 0 Å². The highest BCUT2D eigenvalue weighted by atomic mass is 32.1. The van der Waals surface area contributed by atoms with E-state index in [-0.39, 0.29) is 5.91 Å². The first-order valence-corrected chi connectivity index (χ1v) is 10.3. The summed E-state index contributed by atoms with van der Waals surface area (Å²) in [5.74, 6) is 2.06. The van der Waals surface area contributed by atoms with Gasteiger partial charge in [-0.3, -0.25) is 4.79 Å². The summed E-state index contributed by atoms with van der Waals surface area (Å²) in [6.07, 6.45) is 0.736. The number of benzene rings is 2. The van der Waals surface area contributed by atoms with Gasteiger partial charge >= 0.3 is 0 Å². The Balaban J connectivity index is 1.66. The molecule has 31 heavy (non-hydrogen) atoms. The fourth-order valence-electron chi connectivity index (χ4n) is 3.11. The van der Waals surface area contributed by atoms with Gasteiger partial charge in [0.15, 0.2) is 17.3 Å². The van der Waals surface area contributed by atoms with E-state index >= 15 is 0 Å². The van der Waals surface area contributed by atoms with Crippen molar-refractivity contribution in [3.63, 3.8) is 0 Å². The molecule has 9 nitrogen and oxygen atoms in total. The zero-order chi connectivity index (χ0) is 22.0. The lowest BCUT2D eigenvalue weighted by atomic mass is 10.1. The minimum atomic E-state index is -0.303. The second kappa shape index (κ2) is 8.60. The first kappa shape index (κ1) is 20.6. The molecule has 0 aliphatic heterocycles. The third kappa shape index (κ3) is 3.89. The van der Waals surface area contributed by atoms with Crippen LogP contribution in [0.15, 0.2) is 36.4 Å². The van der Waals surface area contributed by atoms with E-state index in [1.165, 1.54) is 18.4 Å². The van der Waals surface area contributed by atoms with Crippen molar-refractivity contribution in [1.82, 2.24) is 19.8 Å². The molecule has 4 aromatic rings. The molecule has 0 fully saturated rings. The topological polar surface area (TPSA) is 99.9 Å². The summed E-state index contributed by atoms with van der Waals surface area (Å²) in [4.78, 5) is 13.6. The van der Waals surface area contributed by atoms with Crippen LogP contribution in [0.4, 0.5) is 5.69 Å². The van der Waals surface area contributed by atoms with Gasteiger partial charge in [-0.15, -0.1) is 10.2 Å². The molecule has 4 rings (SSSR count). The smallest absolute Gasteiger partial charge is 0.255 e. The number of anilines is 1. The zero-order valence-electron chi connectivity index (χ0n) is 17.5. The molecule has 0 saturated heterocycles. The molecule has 1 amide bonds. The van der Waals surface area contributed by atoms with E-state index in [2.05, 4.69) is 20.6 Å². The lowest BCUT2D eigenvalue weighted by Crippen LogP contribution is -2.13. The molecule has 0 radical (unpaired) electrons. The summed E-state index contributed by atoms with van der Waals surface area (Å²) in [6, 6.07) is 10.5. The molecule has 0 aliphatic rings. The number of aromatic nitrogens is 4. The number of methoxy groups -OCH3 is 3. The molecular formula is C21H21N5O4S. The van der Waals surface area contributed by atoms with Crippen molar-refractivity contribution in [1.29, 1.82) is 0 Å². The van der Waals surface area contributed by atoms with Crippen molar-refractivity contribution < 1.29 is 19.0 Å². The Morgan fingerprint density at radius 1 is 1.00 bits per heavy atom. The third-order valence-electron chi connectivity index (χ3n) is 4.71. The van der Waals surface area contributed by atoms with Crippen LogP contribution in [0, 0.1) is 0 Å². The Labute approximate surface area is 182 Å². The van der Waals surface area contributed by atoms with Gasteiger partial charge in [0, 0.05) is 17.5 Å². The molecular weight excluding hydrogens is 418 g/mol. The second-order valence-electron chi connectivity index (χ2n) is 6.51. The third-order valence-corrected chi connectivity index (χ3v) is 5.66. The molecule has 0 unspecified atom stereocenters. The van der Waals surface area contributed by atoms with Gasteiger partial charge in [-0.05, 0) is 36.4 Å². The number of fused-ring (bicyclic) bond motifs is 1. The lowest BCUT2D eigenvalue weighted by molar-refractivity contribution is 0.102. The Morgan fingerprint density at radius 3 is 2.45 bits per heavy atom. The van der Waals surface area contributed by atoms with Gasteiger partial charge in [0.05, 0.1) is 27.0 Å². The van der Waals surface area contributed by atoms with Gasteiger partial charge in [0.25, 0.3) is 5.91 Å². The number of ether oxygens (including phenoxy) is 3. The first-order chi connectivity index (χ1) is 15.1. The van der Waals surface area contributed by atoms with Gasteiger partial charge in [-0.2, -0.15) is 9.61 Å². The Hall–Kier alpha value is -3.66. The minimum Gasteiger partial charge on any atom is -0.495 e. The van der Waals surface area contributed by atoms with Crippen LogP contribution in [0.3, 0.4) is 0 Å². The lowest BCUT2D eigenvalue weighted by Gasteiger charge is -2.13. The normalized spacial score (nSPS) is 10.8. The SMILES string of the molecule is CCc1nnc2sc(-c3ccc(OC)c(NC(=O)c4ccc(OC)c(OC)c4)c3)nn12. The number of rotatable bonds is 7. The summed E-state index contributed by atoms with van der Waals surface area (Å²) < 4.78 is 17.7. The molecule has 2 aromatic carbocycles. The molecule has 0 saturated carbocycles. The van der Waals surface area contributed by atoms with Crippen LogP contribution in [-0.2, 0) is 6.42 Å². The van der Waals surface area contributed by atoms with E-state index < -0.39 is 0 Å². The second-order valence-corrected chi connectivity index (χ2v) is 7.47. The summed E-state index contributed by atoms with van der Waals surface area (Å²) in [6.45, 7) is 2.00. The quantitative estimate of drug-likeness (QED) is 0.469. The molecule has 0 spiro atoms. The van der Waals surface area contributed by atoms with E-state index in [1.54, 1.807) is 43.0 Å².